The molecule has 2 aromatic carbocycles. The minimum atomic E-state index is -0.382. The maximum absolute atomic E-state index is 11.9. The Morgan fingerprint density at radius 3 is 2.65 bits per heavy atom. The molecule has 1 aliphatic heterocycles. The summed E-state index contributed by atoms with van der Waals surface area (Å²) in [5.41, 5.74) is 0.657. The molecule has 0 fully saturated rings. The van der Waals surface area contributed by atoms with Gasteiger partial charge in [-0.3, -0.25) is 4.79 Å². The van der Waals surface area contributed by atoms with Gasteiger partial charge in [-0.15, -0.1) is 0 Å². The van der Waals surface area contributed by atoms with Gasteiger partial charge in [-0.2, -0.15) is 0 Å². The van der Waals surface area contributed by atoms with E-state index in [0.29, 0.717) is 22.4 Å². The number of ether oxygens (including phenoxy) is 1. The molecule has 1 amide bonds. The van der Waals surface area contributed by atoms with E-state index in [1.807, 2.05) is 12.1 Å². The molecule has 2 heterocycles. The Bertz CT molecular complexity index is 926. The van der Waals surface area contributed by atoms with Gasteiger partial charge in [0.05, 0.1) is 11.1 Å². The largest absolute Gasteiger partial charge is 0.481 e. The molecule has 0 spiro atoms. The number of anilines is 1. The molecule has 1 aliphatic rings. The molecule has 0 saturated heterocycles. The SMILES string of the molecule is O=C1COc2cc3oc(=O)c4ccccc4c3cc2N1. The van der Waals surface area contributed by atoms with Crippen molar-refractivity contribution in [3.8, 4) is 5.75 Å². The fourth-order valence-electron chi connectivity index (χ4n) is 2.45. The Balaban J connectivity index is 2.14. The summed E-state index contributed by atoms with van der Waals surface area (Å²) < 4.78 is 10.6. The molecule has 0 aliphatic carbocycles. The second-order valence-electron chi connectivity index (χ2n) is 4.62. The average Bonchev–Trinajstić information content (AvgIpc) is 2.46. The minimum Gasteiger partial charge on any atom is -0.481 e. The van der Waals surface area contributed by atoms with Gasteiger partial charge in [0.1, 0.15) is 11.3 Å². The summed E-state index contributed by atoms with van der Waals surface area (Å²) in [6, 6.07) is 10.6. The van der Waals surface area contributed by atoms with E-state index < -0.39 is 0 Å². The van der Waals surface area contributed by atoms with Gasteiger partial charge in [-0.05, 0) is 17.5 Å². The van der Waals surface area contributed by atoms with Crippen LogP contribution < -0.4 is 15.7 Å². The number of rotatable bonds is 0. The second kappa shape index (κ2) is 3.84. The van der Waals surface area contributed by atoms with Crippen molar-refractivity contribution in [2.45, 2.75) is 0 Å². The first kappa shape index (κ1) is 11.0. The third kappa shape index (κ3) is 1.50. The summed E-state index contributed by atoms with van der Waals surface area (Å²) in [5.74, 6) is 0.314. The molecule has 98 valence electrons. The van der Waals surface area contributed by atoms with Gasteiger partial charge < -0.3 is 14.5 Å². The molecule has 4 rings (SSSR count). The predicted octanol–water partition coefficient (Wildman–Crippen LogP) is 2.28. The highest BCUT2D eigenvalue weighted by Gasteiger charge is 2.18. The lowest BCUT2D eigenvalue weighted by Crippen LogP contribution is -2.25. The third-order valence-corrected chi connectivity index (χ3v) is 3.35. The van der Waals surface area contributed by atoms with Crippen LogP contribution in [0.3, 0.4) is 0 Å². The standard InChI is InChI=1S/C15H9NO4/c17-14-7-19-13-6-12-10(5-11(13)16-14)8-3-1-2-4-9(8)15(18)20-12/h1-6H,7H2,(H,16,17). The first-order valence-electron chi connectivity index (χ1n) is 6.14. The van der Waals surface area contributed by atoms with Gasteiger partial charge >= 0.3 is 5.63 Å². The molecular weight excluding hydrogens is 258 g/mol. The van der Waals surface area contributed by atoms with E-state index in [-0.39, 0.29) is 18.1 Å². The zero-order chi connectivity index (χ0) is 13.7. The zero-order valence-corrected chi connectivity index (χ0v) is 10.3. The number of fused-ring (bicyclic) bond motifs is 4. The van der Waals surface area contributed by atoms with Crippen LogP contribution in [0, 0.1) is 0 Å². The average molecular weight is 267 g/mol. The van der Waals surface area contributed by atoms with Crippen LogP contribution in [-0.2, 0) is 4.79 Å². The summed E-state index contributed by atoms with van der Waals surface area (Å²) in [5, 5.41) is 4.83. The van der Waals surface area contributed by atoms with Crippen LogP contribution in [0.25, 0.3) is 21.7 Å². The van der Waals surface area contributed by atoms with Crippen LogP contribution in [0.4, 0.5) is 5.69 Å². The van der Waals surface area contributed by atoms with Crippen molar-refractivity contribution in [3.05, 3.63) is 46.8 Å². The summed E-state index contributed by atoms with van der Waals surface area (Å²) in [4.78, 5) is 23.3. The summed E-state index contributed by atoms with van der Waals surface area (Å²) in [7, 11) is 0. The van der Waals surface area contributed by atoms with Crippen LogP contribution in [0.15, 0.2) is 45.6 Å². The number of carbonyl (C=O) groups is 1. The molecule has 0 saturated carbocycles. The van der Waals surface area contributed by atoms with Crippen molar-refractivity contribution in [1.29, 1.82) is 0 Å². The molecule has 0 atom stereocenters. The Morgan fingerprint density at radius 2 is 1.80 bits per heavy atom. The topological polar surface area (TPSA) is 68.5 Å². The van der Waals surface area contributed by atoms with E-state index in [2.05, 4.69) is 5.32 Å². The first-order chi connectivity index (χ1) is 9.72. The van der Waals surface area contributed by atoms with Gasteiger partial charge in [0.2, 0.25) is 0 Å². The van der Waals surface area contributed by atoms with Crippen molar-refractivity contribution >= 4 is 33.3 Å². The molecule has 5 nitrogen and oxygen atoms in total. The van der Waals surface area contributed by atoms with Crippen molar-refractivity contribution in [1.82, 2.24) is 0 Å². The van der Waals surface area contributed by atoms with Crippen LogP contribution in [0.1, 0.15) is 0 Å². The lowest BCUT2D eigenvalue weighted by atomic mass is 10.1. The van der Waals surface area contributed by atoms with E-state index >= 15 is 0 Å². The van der Waals surface area contributed by atoms with Gasteiger partial charge in [0.15, 0.2) is 6.61 Å². The zero-order valence-electron chi connectivity index (χ0n) is 10.3. The van der Waals surface area contributed by atoms with Crippen molar-refractivity contribution < 1.29 is 13.9 Å². The molecule has 20 heavy (non-hydrogen) atoms. The van der Waals surface area contributed by atoms with E-state index in [1.54, 1.807) is 24.3 Å². The first-order valence-corrected chi connectivity index (χ1v) is 6.14. The summed E-state index contributed by atoms with van der Waals surface area (Å²) in [6.45, 7) is -0.0314. The van der Waals surface area contributed by atoms with E-state index in [9.17, 15) is 9.59 Å². The number of hydrogen-bond donors (Lipinski definition) is 1. The lowest BCUT2D eigenvalue weighted by molar-refractivity contribution is -0.118. The van der Waals surface area contributed by atoms with Gasteiger partial charge in [-0.25, -0.2) is 4.79 Å². The number of hydrogen-bond acceptors (Lipinski definition) is 4. The molecule has 0 unspecified atom stereocenters. The molecule has 0 bridgehead atoms. The maximum Gasteiger partial charge on any atom is 0.344 e. The van der Waals surface area contributed by atoms with Crippen LogP contribution >= 0.6 is 0 Å². The second-order valence-corrected chi connectivity index (χ2v) is 4.62. The number of nitrogens with one attached hydrogen (secondary N) is 1. The van der Waals surface area contributed by atoms with Crippen molar-refractivity contribution in [2.24, 2.45) is 0 Å². The smallest absolute Gasteiger partial charge is 0.344 e. The highest BCUT2D eigenvalue weighted by molar-refractivity contribution is 6.08. The summed E-state index contributed by atoms with van der Waals surface area (Å²) in [6.07, 6.45) is 0. The fourth-order valence-corrected chi connectivity index (χ4v) is 2.45. The molecule has 1 N–H and O–H groups in total. The molecule has 1 aromatic heterocycles. The quantitative estimate of drug-likeness (QED) is 0.501. The maximum atomic E-state index is 11.9. The molecule has 5 heteroatoms. The van der Waals surface area contributed by atoms with E-state index in [1.165, 1.54) is 0 Å². The van der Waals surface area contributed by atoms with Gasteiger partial charge in [-0.1, -0.05) is 18.2 Å². The number of amides is 1. The normalized spacial score (nSPS) is 13.9. The summed E-state index contributed by atoms with van der Waals surface area (Å²) >= 11 is 0. The van der Waals surface area contributed by atoms with Crippen molar-refractivity contribution in [3.63, 3.8) is 0 Å². The fraction of sp³-hybridized carbons (Fsp3) is 0.0667. The third-order valence-electron chi connectivity index (χ3n) is 3.35. The van der Waals surface area contributed by atoms with Gasteiger partial charge in [0.25, 0.3) is 5.91 Å². The van der Waals surface area contributed by atoms with Crippen LogP contribution in [0.5, 0.6) is 5.75 Å². The lowest BCUT2D eigenvalue weighted by Gasteiger charge is -2.18. The Morgan fingerprint density at radius 1 is 1.00 bits per heavy atom. The number of carbonyl (C=O) groups excluding carboxylic acids is 1. The van der Waals surface area contributed by atoms with Crippen LogP contribution in [0.2, 0.25) is 0 Å². The van der Waals surface area contributed by atoms with Crippen LogP contribution in [-0.4, -0.2) is 12.5 Å². The van der Waals surface area contributed by atoms with Gasteiger partial charge in [0, 0.05) is 11.5 Å². The minimum absolute atomic E-state index is 0.0314. The predicted molar refractivity (Wildman–Crippen MR) is 74.1 cm³/mol. The molecular formula is C15H9NO4. The highest BCUT2D eigenvalue weighted by atomic mass is 16.5. The molecule has 0 radical (unpaired) electrons. The Hall–Kier alpha value is -2.82. The Kier molecular flexibility index (Phi) is 2.12. The molecule has 3 aromatic rings. The van der Waals surface area contributed by atoms with E-state index in [0.717, 1.165) is 10.8 Å². The van der Waals surface area contributed by atoms with Crippen molar-refractivity contribution in [2.75, 3.05) is 11.9 Å². The van der Waals surface area contributed by atoms with E-state index in [4.69, 9.17) is 9.15 Å². The highest BCUT2D eigenvalue weighted by Crippen LogP contribution is 2.34. The monoisotopic (exact) mass is 267 g/mol. The number of benzene rings is 2. The Labute approximate surface area is 112 Å².